The molecule has 0 aliphatic carbocycles. The summed E-state index contributed by atoms with van der Waals surface area (Å²) >= 11 is 0. The van der Waals surface area contributed by atoms with Crippen LogP contribution in [0.5, 0.6) is 0 Å². The molecule has 0 aromatic heterocycles. The van der Waals surface area contributed by atoms with E-state index in [0.29, 0.717) is 16.9 Å². The van der Waals surface area contributed by atoms with Crippen LogP contribution in [0.3, 0.4) is 0 Å². The topological polar surface area (TPSA) is 75.7 Å². The van der Waals surface area contributed by atoms with Crippen molar-refractivity contribution in [1.29, 1.82) is 0 Å². The van der Waals surface area contributed by atoms with E-state index in [9.17, 15) is 14.4 Å². The van der Waals surface area contributed by atoms with E-state index in [4.69, 9.17) is 4.74 Å². The molecule has 1 atom stereocenters. The molecule has 1 unspecified atom stereocenters. The molecular weight excluding hydrogens is 332 g/mol. The Hall–Kier alpha value is -3.15. The van der Waals surface area contributed by atoms with Crippen molar-refractivity contribution in [3.63, 3.8) is 0 Å². The monoisotopic (exact) mass is 352 g/mol. The highest BCUT2D eigenvalue weighted by Gasteiger charge is 2.30. The van der Waals surface area contributed by atoms with Crippen molar-refractivity contribution < 1.29 is 19.1 Å². The molecule has 2 aromatic carbocycles. The highest BCUT2D eigenvalue weighted by Crippen LogP contribution is 2.31. The molecule has 6 nitrogen and oxygen atoms in total. The fourth-order valence-electron chi connectivity index (χ4n) is 2.94. The molecular formula is C20H20N2O4. The first-order valence-corrected chi connectivity index (χ1v) is 8.40. The maximum absolute atomic E-state index is 12.7. The number of hydrogen-bond acceptors (Lipinski definition) is 4. The van der Waals surface area contributed by atoms with E-state index in [0.717, 1.165) is 5.56 Å². The number of benzene rings is 2. The summed E-state index contributed by atoms with van der Waals surface area (Å²) in [5.74, 6) is -1.08. The number of carbonyl (C=O) groups excluding carboxylic acids is 3. The number of nitrogens with one attached hydrogen (secondary N) is 1. The lowest BCUT2D eigenvalue weighted by Gasteiger charge is -2.27. The Morgan fingerprint density at radius 2 is 1.85 bits per heavy atom. The Morgan fingerprint density at radius 1 is 1.15 bits per heavy atom. The molecule has 1 aliphatic rings. The minimum atomic E-state index is -0.552. The summed E-state index contributed by atoms with van der Waals surface area (Å²) in [5, 5.41) is 2.79. The van der Waals surface area contributed by atoms with Crippen LogP contribution in [-0.2, 0) is 14.3 Å². The van der Waals surface area contributed by atoms with Gasteiger partial charge in [0.05, 0.1) is 16.9 Å². The lowest BCUT2D eigenvalue weighted by molar-refractivity contribution is -0.122. The van der Waals surface area contributed by atoms with Gasteiger partial charge in [-0.05, 0) is 38.1 Å². The van der Waals surface area contributed by atoms with Crippen LogP contribution in [0.2, 0.25) is 0 Å². The Morgan fingerprint density at radius 3 is 2.58 bits per heavy atom. The second-order valence-corrected chi connectivity index (χ2v) is 6.32. The number of aryl methyl sites for hydroxylation is 1. The van der Waals surface area contributed by atoms with Gasteiger partial charge in [-0.15, -0.1) is 0 Å². The number of anilines is 2. The van der Waals surface area contributed by atoms with Crippen molar-refractivity contribution in [2.45, 2.75) is 26.3 Å². The number of ether oxygens (including phenoxy) is 1. The molecule has 0 saturated heterocycles. The lowest BCUT2D eigenvalue weighted by Crippen LogP contribution is -2.41. The van der Waals surface area contributed by atoms with Gasteiger partial charge in [0.25, 0.3) is 5.91 Å². The van der Waals surface area contributed by atoms with Crippen LogP contribution in [0, 0.1) is 6.92 Å². The fraction of sp³-hybridized carbons (Fsp3) is 0.250. The molecule has 1 N–H and O–H groups in total. The Labute approximate surface area is 151 Å². The van der Waals surface area contributed by atoms with Crippen molar-refractivity contribution in [3.8, 4) is 0 Å². The summed E-state index contributed by atoms with van der Waals surface area (Å²) in [4.78, 5) is 38.3. The molecule has 2 aromatic rings. The number of esters is 1. The number of hydrogen-bond donors (Lipinski definition) is 1. The first-order chi connectivity index (χ1) is 12.5. The minimum Gasteiger partial charge on any atom is -0.452 e. The van der Waals surface area contributed by atoms with Crippen molar-refractivity contribution in [3.05, 3.63) is 59.7 Å². The number of carbonyl (C=O) groups is 3. The van der Waals surface area contributed by atoms with Crippen LogP contribution in [0.4, 0.5) is 11.4 Å². The molecule has 1 aliphatic heterocycles. The van der Waals surface area contributed by atoms with E-state index in [-0.39, 0.29) is 30.9 Å². The van der Waals surface area contributed by atoms with Gasteiger partial charge in [0.2, 0.25) is 5.91 Å². The van der Waals surface area contributed by atoms with Crippen LogP contribution >= 0.6 is 0 Å². The summed E-state index contributed by atoms with van der Waals surface area (Å²) in [5.41, 5.74) is 2.59. The number of rotatable bonds is 3. The standard InChI is InChI=1S/C20H20N2O4/c1-13-7-9-15(10-8-13)20(25)26-12-19(24)22-14(2)11-18(23)21-16-5-3-4-6-17(16)22/h3-10,14H,11-12H2,1-2H3,(H,21,23). The smallest absolute Gasteiger partial charge is 0.338 e. The molecule has 134 valence electrons. The van der Waals surface area contributed by atoms with Crippen molar-refractivity contribution >= 4 is 29.2 Å². The van der Waals surface area contributed by atoms with Gasteiger partial charge in [-0.25, -0.2) is 4.79 Å². The first-order valence-electron chi connectivity index (χ1n) is 8.40. The average Bonchev–Trinajstić information content (AvgIpc) is 2.74. The number of amides is 2. The van der Waals surface area contributed by atoms with Crippen LogP contribution in [0.15, 0.2) is 48.5 Å². The van der Waals surface area contributed by atoms with Gasteiger partial charge in [0, 0.05) is 12.5 Å². The van der Waals surface area contributed by atoms with Gasteiger partial charge in [0.15, 0.2) is 6.61 Å². The third kappa shape index (κ3) is 3.74. The van der Waals surface area contributed by atoms with Gasteiger partial charge in [0.1, 0.15) is 0 Å². The molecule has 0 spiro atoms. The fourth-order valence-corrected chi connectivity index (χ4v) is 2.94. The molecule has 3 rings (SSSR count). The average molecular weight is 352 g/mol. The second kappa shape index (κ2) is 7.39. The van der Waals surface area contributed by atoms with Crippen molar-refractivity contribution in [1.82, 2.24) is 0 Å². The van der Waals surface area contributed by atoms with Crippen LogP contribution in [0.25, 0.3) is 0 Å². The van der Waals surface area contributed by atoms with Gasteiger partial charge in [-0.1, -0.05) is 29.8 Å². The molecule has 6 heteroatoms. The SMILES string of the molecule is Cc1ccc(C(=O)OCC(=O)N2c3ccccc3NC(=O)CC2C)cc1. The normalized spacial score (nSPS) is 16.3. The molecule has 0 bridgehead atoms. The van der Waals surface area contributed by atoms with Gasteiger partial charge in [-0.2, -0.15) is 0 Å². The Kier molecular flexibility index (Phi) is 5.02. The molecule has 0 radical (unpaired) electrons. The highest BCUT2D eigenvalue weighted by molar-refractivity contribution is 6.05. The summed E-state index contributed by atoms with van der Waals surface area (Å²) in [6.45, 7) is 3.33. The molecule has 26 heavy (non-hydrogen) atoms. The quantitative estimate of drug-likeness (QED) is 0.862. The predicted molar refractivity (Wildman–Crippen MR) is 98.1 cm³/mol. The first kappa shape index (κ1) is 17.7. The second-order valence-electron chi connectivity index (χ2n) is 6.32. The number of para-hydroxylation sites is 2. The Bertz CT molecular complexity index is 845. The van der Waals surface area contributed by atoms with Gasteiger partial charge < -0.3 is 15.0 Å². The van der Waals surface area contributed by atoms with E-state index in [1.54, 1.807) is 43.3 Å². The van der Waals surface area contributed by atoms with Gasteiger partial charge in [-0.3, -0.25) is 9.59 Å². The Balaban J connectivity index is 1.75. The van der Waals surface area contributed by atoms with Crippen LogP contribution in [-0.4, -0.2) is 30.4 Å². The van der Waals surface area contributed by atoms with Crippen LogP contribution < -0.4 is 10.2 Å². The maximum Gasteiger partial charge on any atom is 0.338 e. The van der Waals surface area contributed by atoms with E-state index < -0.39 is 5.97 Å². The molecule has 2 amide bonds. The lowest BCUT2D eigenvalue weighted by atomic mass is 10.1. The molecule has 0 fully saturated rings. The summed E-state index contributed by atoms with van der Waals surface area (Å²) in [6.07, 6.45) is 0.173. The molecule has 0 saturated carbocycles. The summed E-state index contributed by atoms with van der Waals surface area (Å²) < 4.78 is 5.18. The third-order valence-electron chi connectivity index (χ3n) is 4.24. The van der Waals surface area contributed by atoms with E-state index in [2.05, 4.69) is 5.32 Å². The van der Waals surface area contributed by atoms with E-state index >= 15 is 0 Å². The zero-order chi connectivity index (χ0) is 18.7. The minimum absolute atomic E-state index is 0.156. The van der Waals surface area contributed by atoms with Crippen LogP contribution in [0.1, 0.15) is 29.3 Å². The largest absolute Gasteiger partial charge is 0.452 e. The zero-order valence-electron chi connectivity index (χ0n) is 14.7. The zero-order valence-corrected chi connectivity index (χ0v) is 14.7. The van der Waals surface area contributed by atoms with Crippen molar-refractivity contribution in [2.24, 2.45) is 0 Å². The van der Waals surface area contributed by atoms with E-state index in [1.165, 1.54) is 4.90 Å². The highest BCUT2D eigenvalue weighted by atomic mass is 16.5. The summed E-state index contributed by atoms with van der Waals surface area (Å²) in [6, 6.07) is 13.7. The number of nitrogens with zero attached hydrogens (tertiary/aromatic N) is 1. The predicted octanol–water partition coefficient (Wildman–Crippen LogP) is 2.92. The van der Waals surface area contributed by atoms with Gasteiger partial charge >= 0.3 is 5.97 Å². The van der Waals surface area contributed by atoms with E-state index in [1.807, 2.05) is 19.1 Å². The molecule has 1 heterocycles. The number of fused-ring (bicyclic) bond motifs is 1. The third-order valence-corrected chi connectivity index (χ3v) is 4.24. The van der Waals surface area contributed by atoms with Crippen molar-refractivity contribution in [2.75, 3.05) is 16.8 Å². The summed E-state index contributed by atoms with van der Waals surface area (Å²) in [7, 11) is 0. The maximum atomic E-state index is 12.7.